The molecule has 4 nitrogen and oxygen atoms in total. The number of fused-ring (bicyclic) bond motifs is 1. The summed E-state index contributed by atoms with van der Waals surface area (Å²) < 4.78 is 5.53. The molecule has 3 aromatic rings. The first-order chi connectivity index (χ1) is 9.15. The number of rotatable bonds is 1. The third-order valence-corrected chi connectivity index (χ3v) is 2.95. The molecule has 2 aromatic carbocycles. The first kappa shape index (κ1) is 11.7. The number of para-hydroxylation sites is 1. The van der Waals surface area contributed by atoms with Crippen molar-refractivity contribution in [2.24, 2.45) is 0 Å². The topological polar surface area (TPSA) is 63.3 Å². The van der Waals surface area contributed by atoms with Gasteiger partial charge in [0.15, 0.2) is 0 Å². The van der Waals surface area contributed by atoms with E-state index in [9.17, 15) is 9.90 Å². The zero-order valence-corrected chi connectivity index (χ0v) is 10.4. The van der Waals surface area contributed by atoms with Gasteiger partial charge in [0, 0.05) is 11.1 Å². The van der Waals surface area contributed by atoms with Crippen LogP contribution in [0.2, 0.25) is 5.02 Å². The van der Waals surface area contributed by atoms with Crippen LogP contribution in [-0.2, 0) is 0 Å². The summed E-state index contributed by atoms with van der Waals surface area (Å²) in [6.45, 7) is 0. The Labute approximate surface area is 112 Å². The van der Waals surface area contributed by atoms with E-state index in [2.05, 4.69) is 4.98 Å². The molecule has 1 aromatic heterocycles. The molecule has 3 rings (SSSR count). The minimum Gasteiger partial charge on any atom is -0.507 e. The van der Waals surface area contributed by atoms with Crippen molar-refractivity contribution in [3.05, 3.63) is 57.8 Å². The number of aromatic hydroxyl groups is 1. The molecule has 0 saturated heterocycles. The minimum absolute atomic E-state index is 0.000437. The van der Waals surface area contributed by atoms with Crippen LogP contribution in [0.1, 0.15) is 0 Å². The molecule has 19 heavy (non-hydrogen) atoms. The summed E-state index contributed by atoms with van der Waals surface area (Å²) in [5.41, 5.74) is 0.281. The molecule has 0 saturated carbocycles. The third kappa shape index (κ3) is 2.06. The highest BCUT2D eigenvalue weighted by Crippen LogP contribution is 2.28. The monoisotopic (exact) mass is 273 g/mol. The van der Waals surface area contributed by atoms with E-state index in [4.69, 9.17) is 16.0 Å². The van der Waals surface area contributed by atoms with Crippen molar-refractivity contribution < 1.29 is 9.52 Å². The molecule has 94 valence electrons. The number of hydrogen-bond acceptors (Lipinski definition) is 4. The van der Waals surface area contributed by atoms with Gasteiger partial charge in [0.1, 0.15) is 11.3 Å². The maximum absolute atomic E-state index is 11.9. The van der Waals surface area contributed by atoms with Gasteiger partial charge in [0.25, 0.3) is 5.56 Å². The Morgan fingerprint density at radius 1 is 1.16 bits per heavy atom. The van der Waals surface area contributed by atoms with Gasteiger partial charge in [-0.1, -0.05) is 23.7 Å². The standard InChI is InChI=1S/C14H8ClNO3/c15-8-5-6-10-12(7-8)19-14(16-13(10)18)9-3-1-2-4-11(9)17/h1-7,17H. The molecule has 0 atom stereocenters. The normalized spacial score (nSPS) is 10.8. The lowest BCUT2D eigenvalue weighted by Crippen LogP contribution is -2.07. The van der Waals surface area contributed by atoms with E-state index in [-0.39, 0.29) is 11.6 Å². The second-order valence-corrected chi connectivity index (χ2v) is 4.42. The zero-order valence-electron chi connectivity index (χ0n) is 9.63. The van der Waals surface area contributed by atoms with Crippen molar-refractivity contribution in [2.45, 2.75) is 0 Å². The Morgan fingerprint density at radius 2 is 1.95 bits per heavy atom. The van der Waals surface area contributed by atoms with Crippen molar-refractivity contribution in [3.8, 4) is 17.2 Å². The van der Waals surface area contributed by atoms with Gasteiger partial charge in [-0.25, -0.2) is 0 Å². The second-order valence-electron chi connectivity index (χ2n) is 3.98. The Hall–Kier alpha value is -2.33. The van der Waals surface area contributed by atoms with Gasteiger partial charge in [0.2, 0.25) is 5.89 Å². The molecule has 0 unspecified atom stereocenters. The van der Waals surface area contributed by atoms with Crippen LogP contribution in [0, 0.1) is 0 Å². The zero-order chi connectivity index (χ0) is 13.4. The molecule has 0 fully saturated rings. The van der Waals surface area contributed by atoms with E-state index in [1.54, 1.807) is 36.4 Å². The molecule has 0 radical (unpaired) electrons. The van der Waals surface area contributed by atoms with Crippen LogP contribution < -0.4 is 5.56 Å². The maximum Gasteiger partial charge on any atom is 0.284 e. The highest BCUT2D eigenvalue weighted by Gasteiger charge is 2.11. The lowest BCUT2D eigenvalue weighted by Gasteiger charge is -2.03. The first-order valence-corrected chi connectivity index (χ1v) is 5.92. The van der Waals surface area contributed by atoms with Gasteiger partial charge < -0.3 is 9.52 Å². The van der Waals surface area contributed by atoms with E-state index < -0.39 is 5.56 Å². The second kappa shape index (κ2) is 4.40. The van der Waals surface area contributed by atoms with Gasteiger partial charge in [-0.05, 0) is 24.3 Å². The number of hydrogen-bond donors (Lipinski definition) is 1. The molecule has 0 amide bonds. The smallest absolute Gasteiger partial charge is 0.284 e. The van der Waals surface area contributed by atoms with Crippen LogP contribution in [0.4, 0.5) is 0 Å². The highest BCUT2D eigenvalue weighted by atomic mass is 35.5. The SMILES string of the molecule is O=c1nc(-c2ccccc2O)oc2cc(Cl)ccc12. The molecule has 1 heterocycles. The summed E-state index contributed by atoms with van der Waals surface area (Å²) in [5.74, 6) is 0.0670. The average Bonchev–Trinajstić information content (AvgIpc) is 2.38. The maximum atomic E-state index is 11.9. The average molecular weight is 274 g/mol. The van der Waals surface area contributed by atoms with Crippen LogP contribution in [0.5, 0.6) is 5.75 Å². The fourth-order valence-electron chi connectivity index (χ4n) is 1.81. The van der Waals surface area contributed by atoms with Crippen molar-refractivity contribution >= 4 is 22.6 Å². The van der Waals surface area contributed by atoms with Gasteiger partial charge in [-0.3, -0.25) is 4.79 Å². The number of benzene rings is 2. The molecule has 0 aliphatic rings. The summed E-state index contributed by atoms with van der Waals surface area (Å²) in [4.78, 5) is 15.7. The Bertz CT molecular complexity index is 826. The molecular formula is C14H8ClNO3. The molecule has 0 bridgehead atoms. The third-order valence-electron chi connectivity index (χ3n) is 2.72. The molecular weight excluding hydrogens is 266 g/mol. The lowest BCUT2D eigenvalue weighted by atomic mass is 10.2. The number of halogens is 1. The van der Waals surface area contributed by atoms with E-state index in [0.717, 1.165) is 0 Å². The van der Waals surface area contributed by atoms with Crippen molar-refractivity contribution in [1.82, 2.24) is 4.98 Å². The van der Waals surface area contributed by atoms with Crippen LogP contribution in [0.15, 0.2) is 51.7 Å². The van der Waals surface area contributed by atoms with Gasteiger partial charge in [-0.2, -0.15) is 4.98 Å². The number of phenolic OH excluding ortho intramolecular Hbond substituents is 1. The van der Waals surface area contributed by atoms with Crippen molar-refractivity contribution in [3.63, 3.8) is 0 Å². The molecule has 1 N–H and O–H groups in total. The predicted octanol–water partition coefficient (Wildman–Crippen LogP) is 3.21. The van der Waals surface area contributed by atoms with E-state index in [1.807, 2.05) is 0 Å². The molecule has 0 aliphatic heterocycles. The van der Waals surface area contributed by atoms with Crippen LogP contribution in [-0.4, -0.2) is 10.1 Å². The Morgan fingerprint density at radius 3 is 2.74 bits per heavy atom. The van der Waals surface area contributed by atoms with E-state index >= 15 is 0 Å². The molecule has 0 aliphatic carbocycles. The Kier molecular flexibility index (Phi) is 2.72. The number of phenols is 1. The van der Waals surface area contributed by atoms with Crippen LogP contribution in [0.3, 0.4) is 0 Å². The fourth-order valence-corrected chi connectivity index (χ4v) is 1.97. The van der Waals surface area contributed by atoms with E-state index in [1.165, 1.54) is 6.07 Å². The van der Waals surface area contributed by atoms with Crippen molar-refractivity contribution in [1.29, 1.82) is 0 Å². The van der Waals surface area contributed by atoms with Crippen LogP contribution in [0.25, 0.3) is 22.4 Å². The number of nitrogens with zero attached hydrogens (tertiary/aromatic N) is 1. The predicted molar refractivity (Wildman–Crippen MR) is 72.4 cm³/mol. The molecule has 5 heteroatoms. The summed E-state index contributed by atoms with van der Waals surface area (Å²) in [7, 11) is 0. The van der Waals surface area contributed by atoms with E-state index in [0.29, 0.717) is 21.6 Å². The number of aromatic nitrogens is 1. The first-order valence-electron chi connectivity index (χ1n) is 5.54. The van der Waals surface area contributed by atoms with Gasteiger partial charge in [-0.15, -0.1) is 0 Å². The summed E-state index contributed by atoms with van der Waals surface area (Å²) >= 11 is 5.87. The highest BCUT2D eigenvalue weighted by molar-refractivity contribution is 6.31. The summed E-state index contributed by atoms with van der Waals surface area (Å²) in [6.07, 6.45) is 0. The summed E-state index contributed by atoms with van der Waals surface area (Å²) in [6, 6.07) is 11.2. The Balaban J connectivity index is 2.32. The fraction of sp³-hybridized carbons (Fsp3) is 0. The quantitative estimate of drug-likeness (QED) is 0.739. The summed E-state index contributed by atoms with van der Waals surface area (Å²) in [5, 5.41) is 10.6. The van der Waals surface area contributed by atoms with Gasteiger partial charge >= 0.3 is 0 Å². The van der Waals surface area contributed by atoms with Crippen molar-refractivity contribution in [2.75, 3.05) is 0 Å². The lowest BCUT2D eigenvalue weighted by molar-refractivity contribution is 0.473. The largest absolute Gasteiger partial charge is 0.507 e. The minimum atomic E-state index is -0.420. The molecule has 0 spiro atoms. The van der Waals surface area contributed by atoms with Crippen LogP contribution >= 0.6 is 11.6 Å². The van der Waals surface area contributed by atoms with Gasteiger partial charge in [0.05, 0.1) is 10.9 Å².